The zero-order valence-electron chi connectivity index (χ0n) is 7.82. The Kier molecular flexibility index (Phi) is 4.83. The molecule has 0 saturated heterocycles. The highest BCUT2D eigenvalue weighted by atomic mass is 16.4. The number of carbonyl (C=O) groups excluding carboxylic acids is 1. The van der Waals surface area contributed by atoms with E-state index in [1.807, 2.05) is 0 Å². The van der Waals surface area contributed by atoms with E-state index in [2.05, 4.69) is 10.5 Å². The number of nitrogens with two attached hydrogens (primary N) is 2. The Morgan fingerprint density at radius 3 is 2.46 bits per heavy atom. The van der Waals surface area contributed by atoms with Crippen LogP contribution in [0.2, 0.25) is 0 Å². The molecule has 0 heterocycles. The van der Waals surface area contributed by atoms with E-state index in [4.69, 9.17) is 16.7 Å². The third-order valence-electron chi connectivity index (χ3n) is 1.78. The number of hydrogen-bond acceptors (Lipinski definition) is 4. The maximum Gasteiger partial charge on any atom is 0.234 e. The molecule has 0 aromatic heterocycles. The Bertz CT molecular complexity index is 205. The van der Waals surface area contributed by atoms with Crippen molar-refractivity contribution in [1.29, 1.82) is 0 Å². The molecule has 13 heavy (non-hydrogen) atoms. The predicted octanol–water partition coefficient (Wildman–Crippen LogP) is -1.17. The van der Waals surface area contributed by atoms with E-state index >= 15 is 0 Å². The molecular weight excluding hydrogens is 172 g/mol. The van der Waals surface area contributed by atoms with Gasteiger partial charge in [0.05, 0.1) is 6.04 Å². The van der Waals surface area contributed by atoms with Crippen molar-refractivity contribution in [3.8, 4) is 0 Å². The van der Waals surface area contributed by atoms with Gasteiger partial charge in [0.1, 0.15) is 5.84 Å². The van der Waals surface area contributed by atoms with Gasteiger partial charge >= 0.3 is 0 Å². The van der Waals surface area contributed by atoms with Gasteiger partial charge in [0.15, 0.2) is 0 Å². The third kappa shape index (κ3) is 4.32. The smallest absolute Gasteiger partial charge is 0.234 e. The quantitative estimate of drug-likeness (QED) is 0.188. The van der Waals surface area contributed by atoms with Crippen molar-refractivity contribution in [3.05, 3.63) is 0 Å². The summed E-state index contributed by atoms with van der Waals surface area (Å²) in [5.41, 5.74) is 10.3. The van der Waals surface area contributed by atoms with Crippen LogP contribution < -0.4 is 16.8 Å². The topological polar surface area (TPSA) is 114 Å². The fourth-order valence-electron chi connectivity index (χ4n) is 0.657. The monoisotopic (exact) mass is 188 g/mol. The molecule has 0 aliphatic rings. The van der Waals surface area contributed by atoms with Gasteiger partial charge in [0, 0.05) is 12.5 Å². The molecule has 76 valence electrons. The van der Waals surface area contributed by atoms with Crippen molar-refractivity contribution >= 4 is 11.7 Å². The predicted molar refractivity (Wildman–Crippen MR) is 49.2 cm³/mol. The second kappa shape index (κ2) is 5.36. The van der Waals surface area contributed by atoms with Crippen molar-refractivity contribution in [2.24, 2.45) is 22.5 Å². The Hall–Kier alpha value is -1.30. The van der Waals surface area contributed by atoms with Crippen molar-refractivity contribution < 1.29 is 10.0 Å². The average molecular weight is 188 g/mol. The largest absolute Gasteiger partial charge is 0.409 e. The summed E-state index contributed by atoms with van der Waals surface area (Å²) in [7, 11) is 0. The van der Waals surface area contributed by atoms with Gasteiger partial charge in [-0.15, -0.1) is 0 Å². The fraction of sp³-hybridized carbons (Fsp3) is 0.714. The maximum absolute atomic E-state index is 10.6. The second-order valence-corrected chi connectivity index (χ2v) is 2.96. The van der Waals surface area contributed by atoms with Crippen LogP contribution in [0.1, 0.15) is 13.8 Å². The molecule has 6 nitrogen and oxygen atoms in total. The maximum atomic E-state index is 10.6. The summed E-state index contributed by atoms with van der Waals surface area (Å²) >= 11 is 0. The van der Waals surface area contributed by atoms with Gasteiger partial charge in [-0.2, -0.15) is 0 Å². The molecule has 0 radical (unpaired) electrons. The summed E-state index contributed by atoms with van der Waals surface area (Å²) in [6.07, 6.45) is 0. The second-order valence-electron chi connectivity index (χ2n) is 2.96. The van der Waals surface area contributed by atoms with Crippen LogP contribution in [-0.2, 0) is 4.79 Å². The SMILES string of the molecule is CC(CNC(C)C(N)=O)C(N)=NO. The van der Waals surface area contributed by atoms with E-state index in [0.29, 0.717) is 6.54 Å². The zero-order chi connectivity index (χ0) is 10.4. The zero-order valence-corrected chi connectivity index (χ0v) is 7.82. The van der Waals surface area contributed by atoms with E-state index in [1.165, 1.54) is 0 Å². The van der Waals surface area contributed by atoms with Crippen LogP contribution in [0, 0.1) is 5.92 Å². The van der Waals surface area contributed by atoms with E-state index in [1.54, 1.807) is 13.8 Å². The Morgan fingerprint density at radius 2 is 2.08 bits per heavy atom. The molecule has 0 aromatic rings. The lowest BCUT2D eigenvalue weighted by Gasteiger charge is -2.13. The molecule has 0 fully saturated rings. The van der Waals surface area contributed by atoms with Gasteiger partial charge in [0.2, 0.25) is 5.91 Å². The Labute approximate surface area is 77.0 Å². The lowest BCUT2D eigenvalue weighted by atomic mass is 10.1. The van der Waals surface area contributed by atoms with Crippen LogP contribution in [0.4, 0.5) is 0 Å². The lowest BCUT2D eigenvalue weighted by molar-refractivity contribution is -0.119. The number of carbonyl (C=O) groups is 1. The Morgan fingerprint density at radius 1 is 1.54 bits per heavy atom. The van der Waals surface area contributed by atoms with Gasteiger partial charge in [0.25, 0.3) is 0 Å². The first-order valence-electron chi connectivity index (χ1n) is 3.99. The van der Waals surface area contributed by atoms with Gasteiger partial charge in [-0.1, -0.05) is 12.1 Å². The summed E-state index contributed by atoms with van der Waals surface area (Å²) < 4.78 is 0. The lowest BCUT2D eigenvalue weighted by Crippen LogP contribution is -2.42. The van der Waals surface area contributed by atoms with Gasteiger partial charge in [-0.3, -0.25) is 4.79 Å². The van der Waals surface area contributed by atoms with Crippen LogP contribution in [0.3, 0.4) is 0 Å². The average Bonchev–Trinajstić information content (AvgIpc) is 2.11. The van der Waals surface area contributed by atoms with Gasteiger partial charge < -0.3 is 22.0 Å². The van der Waals surface area contributed by atoms with Crippen molar-refractivity contribution in [3.63, 3.8) is 0 Å². The van der Waals surface area contributed by atoms with Crippen molar-refractivity contribution in [1.82, 2.24) is 5.32 Å². The van der Waals surface area contributed by atoms with E-state index < -0.39 is 11.9 Å². The van der Waals surface area contributed by atoms with E-state index in [0.717, 1.165) is 0 Å². The van der Waals surface area contributed by atoms with Gasteiger partial charge in [-0.25, -0.2) is 0 Å². The summed E-state index contributed by atoms with van der Waals surface area (Å²) in [6, 6.07) is -0.408. The number of hydrogen-bond donors (Lipinski definition) is 4. The van der Waals surface area contributed by atoms with E-state index in [9.17, 15) is 4.79 Å². The molecule has 0 spiro atoms. The van der Waals surface area contributed by atoms with Crippen LogP contribution in [0.5, 0.6) is 0 Å². The molecule has 1 amide bonds. The molecule has 6 N–H and O–H groups in total. The third-order valence-corrected chi connectivity index (χ3v) is 1.78. The number of nitrogens with one attached hydrogen (secondary N) is 1. The summed E-state index contributed by atoms with van der Waals surface area (Å²) in [6.45, 7) is 3.87. The molecule has 0 rings (SSSR count). The normalized spacial score (nSPS) is 16.6. The van der Waals surface area contributed by atoms with Gasteiger partial charge in [-0.05, 0) is 6.92 Å². The highest BCUT2D eigenvalue weighted by Crippen LogP contribution is 1.93. The first-order valence-corrected chi connectivity index (χ1v) is 3.99. The number of amidine groups is 1. The summed E-state index contributed by atoms with van der Waals surface area (Å²) in [5, 5.41) is 14.0. The van der Waals surface area contributed by atoms with Crippen LogP contribution in [0.25, 0.3) is 0 Å². The van der Waals surface area contributed by atoms with Crippen molar-refractivity contribution in [2.75, 3.05) is 6.54 Å². The molecular formula is C7H16N4O2. The number of oxime groups is 1. The Balaban J connectivity index is 3.83. The minimum Gasteiger partial charge on any atom is -0.409 e. The van der Waals surface area contributed by atoms with E-state index in [-0.39, 0.29) is 11.8 Å². The molecule has 0 bridgehead atoms. The van der Waals surface area contributed by atoms with Crippen LogP contribution in [0.15, 0.2) is 5.16 Å². The first-order chi connectivity index (χ1) is 5.99. The number of primary amides is 1. The highest BCUT2D eigenvalue weighted by molar-refractivity contribution is 5.82. The minimum atomic E-state index is -0.424. The molecule has 6 heteroatoms. The standard InChI is InChI=1S/C7H16N4O2/c1-4(6(8)11-13)3-10-5(2)7(9)12/h4-5,10,13H,3H2,1-2H3,(H2,8,11)(H2,9,12). The fourth-order valence-corrected chi connectivity index (χ4v) is 0.657. The molecule has 0 aromatic carbocycles. The molecule has 0 aliphatic carbocycles. The van der Waals surface area contributed by atoms with Crippen LogP contribution in [-0.4, -0.2) is 29.5 Å². The number of amides is 1. The summed E-state index contributed by atoms with van der Waals surface area (Å²) in [5.74, 6) is -0.428. The molecule has 2 atom stereocenters. The first kappa shape index (κ1) is 11.7. The summed E-state index contributed by atoms with van der Waals surface area (Å²) in [4.78, 5) is 10.6. The molecule has 0 saturated carbocycles. The molecule has 0 aliphatic heterocycles. The molecule has 2 unspecified atom stereocenters. The number of nitrogens with zero attached hydrogens (tertiary/aromatic N) is 1. The minimum absolute atomic E-state index is 0.129. The van der Waals surface area contributed by atoms with Crippen LogP contribution >= 0.6 is 0 Å². The highest BCUT2D eigenvalue weighted by Gasteiger charge is 2.11. The van der Waals surface area contributed by atoms with Crippen molar-refractivity contribution in [2.45, 2.75) is 19.9 Å². The number of rotatable bonds is 5.